The average Bonchev–Trinajstić information content (AvgIpc) is 2.78. The van der Waals surface area contributed by atoms with Crippen molar-refractivity contribution in [1.29, 1.82) is 0 Å². The van der Waals surface area contributed by atoms with Gasteiger partial charge < -0.3 is 15.2 Å². The molecule has 3 heteroatoms. The zero-order chi connectivity index (χ0) is 20.8. The molecule has 30 heavy (non-hydrogen) atoms. The first kappa shape index (κ1) is 19.6. The number of carboxylic acid groups (broad SMARTS) is 1. The molecule has 4 aromatic carbocycles. The Kier molecular flexibility index (Phi) is 6.02. The second-order valence-corrected chi connectivity index (χ2v) is 7.18. The van der Waals surface area contributed by atoms with Gasteiger partial charge in [-0.25, -0.2) is 0 Å². The second-order valence-electron chi connectivity index (χ2n) is 7.18. The number of carbonyl (C=O) groups excluding carboxylic acids is 1. The largest absolute Gasteiger partial charge is 0.545 e. The van der Waals surface area contributed by atoms with Crippen LogP contribution in [0.1, 0.15) is 16.7 Å². The van der Waals surface area contributed by atoms with Crippen LogP contribution in [0.5, 0.6) is 0 Å². The van der Waals surface area contributed by atoms with Gasteiger partial charge in [-0.3, -0.25) is 0 Å². The molecule has 0 unspecified atom stereocenters. The summed E-state index contributed by atoms with van der Waals surface area (Å²) in [7, 11) is 0. The zero-order valence-electron chi connectivity index (χ0n) is 16.5. The molecule has 0 saturated carbocycles. The standard InChI is InChI=1S/C27H23NO2/c29-27(30)16-15-22-17-23(26-12-6-10-21-9-4-5-11-25(21)26)13-14-24(22)19-28-18-20-7-2-1-3-8-20/h1-17,28H,18-19H2,(H,29,30)/p-1/b16-15+. The maximum Gasteiger partial charge on any atom is 0.0643 e. The van der Waals surface area contributed by atoms with Gasteiger partial charge in [-0.05, 0) is 50.7 Å². The first-order valence-corrected chi connectivity index (χ1v) is 9.95. The van der Waals surface area contributed by atoms with Crippen molar-refractivity contribution in [2.75, 3.05) is 0 Å². The number of hydrogen-bond donors (Lipinski definition) is 1. The van der Waals surface area contributed by atoms with E-state index < -0.39 is 5.97 Å². The molecule has 0 aliphatic heterocycles. The molecule has 0 saturated heterocycles. The number of nitrogens with one attached hydrogen (secondary N) is 1. The van der Waals surface area contributed by atoms with E-state index in [1.54, 1.807) is 6.08 Å². The van der Waals surface area contributed by atoms with Crippen molar-refractivity contribution >= 4 is 22.8 Å². The molecular formula is C27H22NO2-. The molecule has 0 bridgehead atoms. The van der Waals surface area contributed by atoms with Gasteiger partial charge >= 0.3 is 0 Å². The molecule has 148 valence electrons. The molecule has 0 spiro atoms. The van der Waals surface area contributed by atoms with E-state index in [0.29, 0.717) is 6.54 Å². The summed E-state index contributed by atoms with van der Waals surface area (Å²) >= 11 is 0. The van der Waals surface area contributed by atoms with Crippen LogP contribution in [0.3, 0.4) is 0 Å². The Labute approximate surface area is 176 Å². The average molecular weight is 392 g/mol. The summed E-state index contributed by atoms with van der Waals surface area (Å²) in [6, 6.07) is 30.9. The lowest BCUT2D eigenvalue weighted by atomic mass is 9.95. The van der Waals surface area contributed by atoms with E-state index in [0.717, 1.165) is 34.9 Å². The number of rotatable bonds is 7. The normalized spacial score (nSPS) is 11.2. The number of hydrogen-bond acceptors (Lipinski definition) is 3. The predicted molar refractivity (Wildman–Crippen MR) is 120 cm³/mol. The maximum absolute atomic E-state index is 11.0. The minimum absolute atomic E-state index is 0.636. The van der Waals surface area contributed by atoms with E-state index in [-0.39, 0.29) is 0 Å². The molecule has 0 aliphatic rings. The Balaban J connectivity index is 1.65. The molecule has 3 nitrogen and oxygen atoms in total. The number of carboxylic acids is 1. The Morgan fingerprint density at radius 3 is 2.43 bits per heavy atom. The van der Waals surface area contributed by atoms with E-state index in [2.05, 4.69) is 53.8 Å². The molecule has 4 rings (SSSR count). The molecule has 0 aliphatic carbocycles. The topological polar surface area (TPSA) is 52.2 Å². The predicted octanol–water partition coefficient (Wildman–Crippen LogP) is 4.56. The zero-order valence-corrected chi connectivity index (χ0v) is 16.5. The number of aliphatic carboxylic acids is 1. The quantitative estimate of drug-likeness (QED) is 0.469. The lowest BCUT2D eigenvalue weighted by Gasteiger charge is -2.13. The number of benzene rings is 4. The van der Waals surface area contributed by atoms with E-state index in [4.69, 9.17) is 0 Å². The van der Waals surface area contributed by atoms with Crippen LogP contribution in [0.2, 0.25) is 0 Å². The van der Waals surface area contributed by atoms with E-state index >= 15 is 0 Å². The van der Waals surface area contributed by atoms with Gasteiger partial charge in [0.1, 0.15) is 0 Å². The summed E-state index contributed by atoms with van der Waals surface area (Å²) in [5.41, 5.74) is 5.28. The summed E-state index contributed by atoms with van der Waals surface area (Å²) in [4.78, 5) is 11.0. The summed E-state index contributed by atoms with van der Waals surface area (Å²) in [6.45, 7) is 1.38. The molecular weight excluding hydrogens is 370 g/mol. The molecule has 0 heterocycles. The lowest BCUT2D eigenvalue weighted by molar-refractivity contribution is -0.297. The lowest BCUT2D eigenvalue weighted by Crippen LogP contribution is -2.18. The van der Waals surface area contributed by atoms with Crippen molar-refractivity contribution in [3.05, 3.63) is 114 Å². The van der Waals surface area contributed by atoms with Crippen molar-refractivity contribution in [3.63, 3.8) is 0 Å². The molecule has 0 amide bonds. The first-order chi connectivity index (χ1) is 14.7. The molecule has 4 aromatic rings. The van der Waals surface area contributed by atoms with Gasteiger partial charge in [0.2, 0.25) is 0 Å². The van der Waals surface area contributed by atoms with Crippen molar-refractivity contribution in [1.82, 2.24) is 5.32 Å². The molecule has 0 aromatic heterocycles. The van der Waals surface area contributed by atoms with Crippen molar-refractivity contribution in [3.8, 4) is 11.1 Å². The van der Waals surface area contributed by atoms with Crippen molar-refractivity contribution in [2.24, 2.45) is 0 Å². The van der Waals surface area contributed by atoms with Crippen LogP contribution in [0.25, 0.3) is 28.0 Å². The fourth-order valence-corrected chi connectivity index (χ4v) is 3.65. The molecule has 0 atom stereocenters. The highest BCUT2D eigenvalue weighted by Gasteiger charge is 2.07. The van der Waals surface area contributed by atoms with Gasteiger partial charge in [0.25, 0.3) is 0 Å². The van der Waals surface area contributed by atoms with Gasteiger partial charge in [-0.15, -0.1) is 0 Å². The van der Waals surface area contributed by atoms with Gasteiger partial charge in [0.05, 0.1) is 5.97 Å². The summed E-state index contributed by atoms with van der Waals surface area (Å²) in [5.74, 6) is -1.20. The Morgan fingerprint density at radius 2 is 1.60 bits per heavy atom. The Hall–Kier alpha value is -3.69. The van der Waals surface area contributed by atoms with Crippen LogP contribution < -0.4 is 10.4 Å². The fraction of sp³-hybridized carbons (Fsp3) is 0.0741. The molecule has 0 fully saturated rings. The van der Waals surface area contributed by atoms with E-state index in [1.807, 2.05) is 42.5 Å². The highest BCUT2D eigenvalue weighted by atomic mass is 16.4. The summed E-state index contributed by atoms with van der Waals surface area (Å²) < 4.78 is 0. The highest BCUT2D eigenvalue weighted by molar-refractivity contribution is 5.97. The molecule has 0 radical (unpaired) electrons. The van der Waals surface area contributed by atoms with Crippen LogP contribution in [0.4, 0.5) is 0 Å². The van der Waals surface area contributed by atoms with Gasteiger partial charge in [0, 0.05) is 13.1 Å². The third kappa shape index (κ3) is 4.65. The Bertz CT molecular complexity index is 1190. The van der Waals surface area contributed by atoms with Crippen LogP contribution in [0, 0.1) is 0 Å². The van der Waals surface area contributed by atoms with E-state index in [9.17, 15) is 9.90 Å². The summed E-state index contributed by atoms with van der Waals surface area (Å²) in [6.07, 6.45) is 2.70. The maximum atomic E-state index is 11.0. The van der Waals surface area contributed by atoms with Crippen molar-refractivity contribution in [2.45, 2.75) is 13.1 Å². The van der Waals surface area contributed by atoms with Crippen LogP contribution in [-0.2, 0) is 17.9 Å². The minimum atomic E-state index is -1.20. The number of carbonyl (C=O) groups is 1. The third-order valence-electron chi connectivity index (χ3n) is 5.13. The smallest absolute Gasteiger partial charge is 0.0643 e. The second kappa shape index (κ2) is 9.21. The van der Waals surface area contributed by atoms with Gasteiger partial charge in [0.15, 0.2) is 0 Å². The molecule has 1 N–H and O–H groups in total. The number of fused-ring (bicyclic) bond motifs is 1. The minimum Gasteiger partial charge on any atom is -0.545 e. The van der Waals surface area contributed by atoms with E-state index in [1.165, 1.54) is 16.3 Å². The van der Waals surface area contributed by atoms with Gasteiger partial charge in [-0.1, -0.05) is 91.0 Å². The van der Waals surface area contributed by atoms with Crippen LogP contribution in [-0.4, -0.2) is 5.97 Å². The Morgan fingerprint density at radius 1 is 0.833 bits per heavy atom. The SMILES string of the molecule is O=C([O-])/C=C/c1cc(-c2cccc3ccccc23)ccc1CNCc1ccccc1. The monoisotopic (exact) mass is 392 g/mol. The van der Waals surface area contributed by atoms with Crippen LogP contribution >= 0.6 is 0 Å². The summed E-state index contributed by atoms with van der Waals surface area (Å²) in [5, 5.41) is 16.8. The van der Waals surface area contributed by atoms with Crippen molar-refractivity contribution < 1.29 is 9.90 Å². The fourth-order valence-electron chi connectivity index (χ4n) is 3.65. The first-order valence-electron chi connectivity index (χ1n) is 9.95. The van der Waals surface area contributed by atoms with Gasteiger partial charge in [-0.2, -0.15) is 0 Å². The highest BCUT2D eigenvalue weighted by Crippen LogP contribution is 2.30. The van der Waals surface area contributed by atoms with Crippen LogP contribution in [0.15, 0.2) is 97.1 Å². The third-order valence-corrected chi connectivity index (χ3v) is 5.13.